The molecule has 1 aromatic carbocycles. The van der Waals surface area contributed by atoms with Crippen LogP contribution in [0.15, 0.2) is 12.1 Å². The SMILES string of the molecule is CNCc1cc(F)c(OCCCC(C)C)c(F)c1. The summed E-state index contributed by atoms with van der Waals surface area (Å²) in [6.45, 7) is 4.99. The van der Waals surface area contributed by atoms with Crippen LogP contribution in [0.3, 0.4) is 0 Å². The van der Waals surface area contributed by atoms with Gasteiger partial charge in [0.15, 0.2) is 17.4 Å². The molecule has 1 rings (SSSR count). The number of hydrogen-bond acceptors (Lipinski definition) is 2. The lowest BCUT2D eigenvalue weighted by molar-refractivity contribution is 0.270. The first kappa shape index (κ1) is 14.9. The molecule has 0 fully saturated rings. The third-order valence-corrected chi connectivity index (χ3v) is 2.61. The predicted octanol–water partition coefficient (Wildman–Crippen LogP) is 3.50. The van der Waals surface area contributed by atoms with Crippen LogP contribution in [0.25, 0.3) is 0 Å². The minimum atomic E-state index is -0.634. The van der Waals surface area contributed by atoms with Gasteiger partial charge in [-0.2, -0.15) is 0 Å². The molecule has 0 bridgehead atoms. The number of hydrogen-bond donors (Lipinski definition) is 1. The molecule has 4 heteroatoms. The van der Waals surface area contributed by atoms with Gasteiger partial charge in [0.1, 0.15) is 0 Å². The van der Waals surface area contributed by atoms with E-state index >= 15 is 0 Å². The van der Waals surface area contributed by atoms with Crippen molar-refractivity contribution in [1.82, 2.24) is 5.32 Å². The average Bonchev–Trinajstić information content (AvgIpc) is 2.27. The van der Waals surface area contributed by atoms with Gasteiger partial charge in [-0.15, -0.1) is 0 Å². The summed E-state index contributed by atoms with van der Waals surface area (Å²) in [5.74, 6) is -0.963. The van der Waals surface area contributed by atoms with E-state index < -0.39 is 11.6 Å². The van der Waals surface area contributed by atoms with Crippen molar-refractivity contribution in [2.75, 3.05) is 13.7 Å². The van der Waals surface area contributed by atoms with Gasteiger partial charge in [-0.05, 0) is 43.5 Å². The summed E-state index contributed by atoms with van der Waals surface area (Å²) in [5.41, 5.74) is 0.571. The second-order valence-corrected chi connectivity index (χ2v) is 4.80. The van der Waals surface area contributed by atoms with E-state index in [0.29, 0.717) is 24.6 Å². The zero-order valence-corrected chi connectivity index (χ0v) is 11.2. The topological polar surface area (TPSA) is 21.3 Å². The molecule has 0 spiro atoms. The molecular weight excluding hydrogens is 236 g/mol. The van der Waals surface area contributed by atoms with Crippen molar-refractivity contribution in [1.29, 1.82) is 0 Å². The van der Waals surface area contributed by atoms with E-state index in [4.69, 9.17) is 4.74 Å². The fraction of sp³-hybridized carbons (Fsp3) is 0.571. The van der Waals surface area contributed by atoms with Gasteiger partial charge in [-0.1, -0.05) is 13.8 Å². The molecule has 0 saturated heterocycles. The van der Waals surface area contributed by atoms with Gasteiger partial charge >= 0.3 is 0 Å². The number of nitrogens with one attached hydrogen (secondary N) is 1. The van der Waals surface area contributed by atoms with Crippen LogP contribution in [0.2, 0.25) is 0 Å². The first-order chi connectivity index (χ1) is 8.54. The van der Waals surface area contributed by atoms with Gasteiger partial charge in [0.2, 0.25) is 0 Å². The Hall–Kier alpha value is -1.16. The summed E-state index contributed by atoms with van der Waals surface area (Å²) in [7, 11) is 1.73. The number of rotatable bonds is 7. The van der Waals surface area contributed by atoms with Crippen molar-refractivity contribution in [2.45, 2.75) is 33.2 Å². The van der Waals surface area contributed by atoms with Crippen molar-refractivity contribution in [3.8, 4) is 5.75 Å². The van der Waals surface area contributed by atoms with Crippen LogP contribution in [0, 0.1) is 17.6 Å². The lowest BCUT2D eigenvalue weighted by Gasteiger charge is -2.11. The molecule has 18 heavy (non-hydrogen) atoms. The Morgan fingerprint density at radius 3 is 2.33 bits per heavy atom. The van der Waals surface area contributed by atoms with E-state index in [9.17, 15) is 8.78 Å². The molecule has 0 aliphatic carbocycles. The summed E-state index contributed by atoms with van der Waals surface area (Å²) in [6, 6.07) is 2.61. The van der Waals surface area contributed by atoms with E-state index in [1.165, 1.54) is 12.1 Å². The summed E-state index contributed by atoms with van der Waals surface area (Å²) in [6.07, 6.45) is 1.79. The molecule has 0 aliphatic heterocycles. The molecule has 1 aromatic rings. The monoisotopic (exact) mass is 257 g/mol. The van der Waals surface area contributed by atoms with Crippen LogP contribution in [0.1, 0.15) is 32.3 Å². The minimum Gasteiger partial charge on any atom is -0.488 e. The molecule has 1 N–H and O–H groups in total. The van der Waals surface area contributed by atoms with Crippen molar-refractivity contribution in [2.24, 2.45) is 5.92 Å². The molecule has 0 unspecified atom stereocenters. The first-order valence-corrected chi connectivity index (χ1v) is 6.30. The smallest absolute Gasteiger partial charge is 0.190 e. The predicted molar refractivity (Wildman–Crippen MR) is 68.7 cm³/mol. The van der Waals surface area contributed by atoms with Gasteiger partial charge < -0.3 is 10.1 Å². The molecule has 0 aromatic heterocycles. The second kappa shape index (κ2) is 7.31. The van der Waals surface area contributed by atoms with Gasteiger partial charge in [-0.3, -0.25) is 0 Å². The van der Waals surface area contributed by atoms with Gasteiger partial charge in [0.25, 0.3) is 0 Å². The van der Waals surface area contributed by atoms with Crippen LogP contribution < -0.4 is 10.1 Å². The Morgan fingerprint density at radius 2 is 1.83 bits per heavy atom. The molecule has 2 nitrogen and oxygen atoms in total. The molecule has 0 amide bonds. The summed E-state index contributed by atoms with van der Waals surface area (Å²) in [4.78, 5) is 0. The first-order valence-electron chi connectivity index (χ1n) is 6.30. The Labute approximate surface area is 107 Å². The zero-order chi connectivity index (χ0) is 13.5. The maximum absolute atomic E-state index is 13.6. The molecule has 0 atom stereocenters. The molecular formula is C14H21F2NO. The highest BCUT2D eigenvalue weighted by Gasteiger charge is 2.12. The van der Waals surface area contributed by atoms with Crippen LogP contribution in [0.4, 0.5) is 8.78 Å². The van der Waals surface area contributed by atoms with Crippen molar-refractivity contribution < 1.29 is 13.5 Å². The van der Waals surface area contributed by atoms with E-state index in [2.05, 4.69) is 19.2 Å². The maximum Gasteiger partial charge on any atom is 0.190 e. The minimum absolute atomic E-state index is 0.265. The third-order valence-electron chi connectivity index (χ3n) is 2.61. The Kier molecular flexibility index (Phi) is 6.05. The van der Waals surface area contributed by atoms with Crippen molar-refractivity contribution >= 4 is 0 Å². The fourth-order valence-corrected chi connectivity index (χ4v) is 1.72. The highest BCUT2D eigenvalue weighted by atomic mass is 19.1. The Bertz CT molecular complexity index is 357. The largest absolute Gasteiger partial charge is 0.488 e. The lowest BCUT2D eigenvalue weighted by Crippen LogP contribution is -2.08. The second-order valence-electron chi connectivity index (χ2n) is 4.80. The number of benzene rings is 1. The van der Waals surface area contributed by atoms with E-state index in [1.54, 1.807) is 7.05 Å². The lowest BCUT2D eigenvalue weighted by atomic mass is 10.1. The fourth-order valence-electron chi connectivity index (χ4n) is 1.72. The molecule has 0 radical (unpaired) electrons. The Balaban J connectivity index is 2.60. The van der Waals surface area contributed by atoms with Gasteiger partial charge in [0, 0.05) is 6.54 Å². The zero-order valence-electron chi connectivity index (χ0n) is 11.2. The van der Waals surface area contributed by atoms with Crippen molar-refractivity contribution in [3.63, 3.8) is 0 Å². The molecule has 0 saturated carbocycles. The van der Waals surface area contributed by atoms with Crippen LogP contribution in [-0.4, -0.2) is 13.7 Å². The van der Waals surface area contributed by atoms with Gasteiger partial charge in [0.05, 0.1) is 6.61 Å². The highest BCUT2D eigenvalue weighted by molar-refractivity contribution is 5.31. The third kappa shape index (κ3) is 4.61. The summed E-state index contributed by atoms with van der Waals surface area (Å²) < 4.78 is 32.4. The van der Waals surface area contributed by atoms with Crippen LogP contribution in [0.5, 0.6) is 5.75 Å². The molecule has 0 aliphatic rings. The summed E-state index contributed by atoms with van der Waals surface area (Å²) >= 11 is 0. The quantitative estimate of drug-likeness (QED) is 0.755. The average molecular weight is 257 g/mol. The maximum atomic E-state index is 13.6. The van der Waals surface area contributed by atoms with Gasteiger partial charge in [-0.25, -0.2) is 8.78 Å². The van der Waals surface area contributed by atoms with E-state index in [0.717, 1.165) is 12.8 Å². The highest BCUT2D eigenvalue weighted by Crippen LogP contribution is 2.23. The van der Waals surface area contributed by atoms with Crippen LogP contribution in [-0.2, 0) is 6.54 Å². The van der Waals surface area contributed by atoms with Crippen molar-refractivity contribution in [3.05, 3.63) is 29.3 Å². The molecule has 0 heterocycles. The standard InChI is InChI=1S/C14H21F2NO/c1-10(2)5-4-6-18-14-12(15)7-11(9-17-3)8-13(14)16/h7-8,10,17H,4-6,9H2,1-3H3. The van der Waals surface area contributed by atoms with E-state index in [1.807, 2.05) is 0 Å². The number of halogens is 2. The summed E-state index contributed by atoms with van der Waals surface area (Å²) in [5, 5.41) is 2.85. The number of ether oxygens (including phenoxy) is 1. The Morgan fingerprint density at radius 1 is 1.22 bits per heavy atom. The van der Waals surface area contributed by atoms with E-state index in [-0.39, 0.29) is 5.75 Å². The normalized spacial score (nSPS) is 11.0. The van der Waals surface area contributed by atoms with Crippen LogP contribution >= 0.6 is 0 Å². The molecule has 102 valence electrons.